The number of hydrogen-bond donors (Lipinski definition) is 0. The summed E-state index contributed by atoms with van der Waals surface area (Å²) in [7, 11) is 0. The van der Waals surface area contributed by atoms with E-state index in [1.165, 1.54) is 27.8 Å². The lowest BCUT2D eigenvalue weighted by Crippen LogP contribution is -1.86. The third-order valence-corrected chi connectivity index (χ3v) is 4.15. The standard InChI is InChI=1S/C12H13BrS/c1-9-10(6-4-8-13)11-5-2-3-7-12(11)14-9/h2-3,5,7H,4,6,8H2,1H3. The molecule has 0 aliphatic heterocycles. The van der Waals surface area contributed by atoms with Crippen LogP contribution in [0.15, 0.2) is 24.3 Å². The Morgan fingerprint density at radius 3 is 2.86 bits per heavy atom. The summed E-state index contributed by atoms with van der Waals surface area (Å²) in [6, 6.07) is 8.70. The smallest absolute Gasteiger partial charge is 0.0348 e. The molecular formula is C12H13BrS. The van der Waals surface area contributed by atoms with E-state index < -0.39 is 0 Å². The maximum absolute atomic E-state index is 3.49. The summed E-state index contributed by atoms with van der Waals surface area (Å²) in [5.74, 6) is 0. The topological polar surface area (TPSA) is 0 Å². The van der Waals surface area contributed by atoms with E-state index >= 15 is 0 Å². The van der Waals surface area contributed by atoms with Gasteiger partial charge in [0.1, 0.15) is 0 Å². The van der Waals surface area contributed by atoms with E-state index in [0.29, 0.717) is 0 Å². The lowest BCUT2D eigenvalue weighted by molar-refractivity contribution is 0.944. The first-order valence-corrected chi connectivity index (χ1v) is 6.79. The summed E-state index contributed by atoms with van der Waals surface area (Å²) in [4.78, 5) is 1.48. The van der Waals surface area contributed by atoms with Gasteiger partial charge in [-0.2, -0.15) is 0 Å². The van der Waals surface area contributed by atoms with Gasteiger partial charge in [0.15, 0.2) is 0 Å². The van der Waals surface area contributed by atoms with Crippen LogP contribution in [0.3, 0.4) is 0 Å². The minimum absolute atomic E-state index is 1.09. The van der Waals surface area contributed by atoms with Crippen molar-refractivity contribution < 1.29 is 0 Å². The molecule has 2 heteroatoms. The minimum Gasteiger partial charge on any atom is -0.140 e. The Morgan fingerprint density at radius 2 is 2.07 bits per heavy atom. The fourth-order valence-corrected chi connectivity index (χ4v) is 3.17. The first-order chi connectivity index (χ1) is 6.83. The molecule has 1 heterocycles. The maximum atomic E-state index is 3.49. The lowest BCUT2D eigenvalue weighted by atomic mass is 10.1. The molecule has 74 valence electrons. The summed E-state index contributed by atoms with van der Waals surface area (Å²) in [5, 5.41) is 2.55. The highest BCUT2D eigenvalue weighted by molar-refractivity contribution is 9.09. The van der Waals surface area contributed by atoms with Crippen molar-refractivity contribution in [1.29, 1.82) is 0 Å². The number of alkyl halides is 1. The molecule has 0 amide bonds. The van der Waals surface area contributed by atoms with Crippen LogP contribution in [0.1, 0.15) is 16.9 Å². The first kappa shape index (κ1) is 10.2. The molecule has 0 saturated heterocycles. The van der Waals surface area contributed by atoms with Crippen LogP contribution < -0.4 is 0 Å². The van der Waals surface area contributed by atoms with E-state index in [0.717, 1.165) is 5.33 Å². The molecule has 0 spiro atoms. The summed E-state index contributed by atoms with van der Waals surface area (Å²) in [5.41, 5.74) is 1.55. The highest BCUT2D eigenvalue weighted by atomic mass is 79.9. The largest absolute Gasteiger partial charge is 0.140 e. The minimum atomic E-state index is 1.09. The number of benzene rings is 1. The number of halogens is 1. The number of fused-ring (bicyclic) bond motifs is 1. The van der Waals surface area contributed by atoms with Crippen molar-refractivity contribution in [1.82, 2.24) is 0 Å². The van der Waals surface area contributed by atoms with Crippen molar-refractivity contribution in [3.63, 3.8) is 0 Å². The quantitative estimate of drug-likeness (QED) is 0.718. The summed E-state index contributed by atoms with van der Waals surface area (Å²) in [6.45, 7) is 2.23. The SMILES string of the molecule is Cc1sc2ccccc2c1CCCBr. The first-order valence-electron chi connectivity index (χ1n) is 4.86. The molecule has 0 unspecified atom stereocenters. The van der Waals surface area contributed by atoms with E-state index in [4.69, 9.17) is 0 Å². The molecule has 0 radical (unpaired) electrons. The molecule has 0 aliphatic rings. The third-order valence-electron chi connectivity index (χ3n) is 2.46. The van der Waals surface area contributed by atoms with E-state index in [2.05, 4.69) is 47.1 Å². The fourth-order valence-electron chi connectivity index (χ4n) is 1.78. The average Bonchev–Trinajstić information content (AvgIpc) is 2.51. The van der Waals surface area contributed by atoms with Gasteiger partial charge >= 0.3 is 0 Å². The molecule has 2 rings (SSSR count). The maximum Gasteiger partial charge on any atom is 0.0348 e. The Bertz CT molecular complexity index is 431. The van der Waals surface area contributed by atoms with Gasteiger partial charge in [-0.1, -0.05) is 34.1 Å². The second kappa shape index (κ2) is 4.45. The summed E-state index contributed by atoms with van der Waals surface area (Å²) < 4.78 is 1.43. The Balaban J connectivity index is 2.45. The second-order valence-electron chi connectivity index (χ2n) is 3.43. The zero-order chi connectivity index (χ0) is 9.97. The molecular weight excluding hydrogens is 256 g/mol. The van der Waals surface area contributed by atoms with Gasteiger partial charge in [0, 0.05) is 14.9 Å². The molecule has 14 heavy (non-hydrogen) atoms. The van der Waals surface area contributed by atoms with Gasteiger partial charge in [-0.3, -0.25) is 0 Å². The molecule has 0 fully saturated rings. The van der Waals surface area contributed by atoms with Crippen LogP contribution in [-0.2, 0) is 6.42 Å². The monoisotopic (exact) mass is 268 g/mol. The van der Waals surface area contributed by atoms with Crippen LogP contribution in [0.2, 0.25) is 0 Å². The van der Waals surface area contributed by atoms with E-state index in [1.54, 1.807) is 5.56 Å². The third kappa shape index (κ3) is 1.86. The highest BCUT2D eigenvalue weighted by Gasteiger charge is 2.07. The number of rotatable bonds is 3. The Kier molecular flexibility index (Phi) is 3.24. The fraction of sp³-hybridized carbons (Fsp3) is 0.333. The highest BCUT2D eigenvalue weighted by Crippen LogP contribution is 2.31. The number of thiophene rings is 1. The molecule has 0 aliphatic carbocycles. The van der Waals surface area contributed by atoms with Crippen molar-refractivity contribution in [3.05, 3.63) is 34.7 Å². The van der Waals surface area contributed by atoms with Gasteiger partial charge in [-0.05, 0) is 36.8 Å². The van der Waals surface area contributed by atoms with Crippen molar-refractivity contribution in [3.8, 4) is 0 Å². The van der Waals surface area contributed by atoms with Crippen molar-refractivity contribution in [2.45, 2.75) is 19.8 Å². The lowest BCUT2D eigenvalue weighted by Gasteiger charge is -1.98. The molecule has 1 aromatic carbocycles. The molecule has 0 atom stereocenters. The van der Waals surface area contributed by atoms with Gasteiger partial charge in [-0.15, -0.1) is 11.3 Å². The Labute approximate surface area is 97.1 Å². The van der Waals surface area contributed by atoms with Crippen LogP contribution in [0.5, 0.6) is 0 Å². The Morgan fingerprint density at radius 1 is 1.29 bits per heavy atom. The molecule has 2 aromatic rings. The van der Waals surface area contributed by atoms with Crippen molar-refractivity contribution >= 4 is 37.4 Å². The van der Waals surface area contributed by atoms with Gasteiger partial charge < -0.3 is 0 Å². The van der Waals surface area contributed by atoms with Crippen LogP contribution in [0.25, 0.3) is 10.1 Å². The summed E-state index contributed by atoms with van der Waals surface area (Å²) >= 11 is 5.40. The van der Waals surface area contributed by atoms with Gasteiger partial charge in [0.2, 0.25) is 0 Å². The molecule has 0 bridgehead atoms. The van der Waals surface area contributed by atoms with Crippen molar-refractivity contribution in [2.24, 2.45) is 0 Å². The van der Waals surface area contributed by atoms with Gasteiger partial charge in [0.25, 0.3) is 0 Å². The molecule has 0 nitrogen and oxygen atoms in total. The Hall–Kier alpha value is -0.340. The predicted octanol–water partition coefficient (Wildman–Crippen LogP) is 4.54. The van der Waals surface area contributed by atoms with E-state index in [9.17, 15) is 0 Å². The van der Waals surface area contributed by atoms with Gasteiger partial charge in [0.05, 0.1) is 0 Å². The van der Waals surface area contributed by atoms with E-state index in [1.807, 2.05) is 11.3 Å². The average molecular weight is 269 g/mol. The van der Waals surface area contributed by atoms with Crippen molar-refractivity contribution in [2.75, 3.05) is 5.33 Å². The summed E-state index contributed by atoms with van der Waals surface area (Å²) in [6.07, 6.45) is 2.42. The zero-order valence-corrected chi connectivity index (χ0v) is 10.6. The molecule has 1 aromatic heterocycles. The molecule has 0 N–H and O–H groups in total. The van der Waals surface area contributed by atoms with E-state index in [-0.39, 0.29) is 0 Å². The van der Waals surface area contributed by atoms with Gasteiger partial charge in [-0.25, -0.2) is 0 Å². The number of aryl methyl sites for hydroxylation is 2. The van der Waals surface area contributed by atoms with Crippen LogP contribution in [-0.4, -0.2) is 5.33 Å². The predicted molar refractivity (Wildman–Crippen MR) is 68.7 cm³/mol. The number of hydrogen-bond acceptors (Lipinski definition) is 1. The normalized spacial score (nSPS) is 11.0. The van der Waals surface area contributed by atoms with Crippen LogP contribution >= 0.6 is 27.3 Å². The van der Waals surface area contributed by atoms with Crippen LogP contribution in [0, 0.1) is 6.92 Å². The second-order valence-corrected chi connectivity index (χ2v) is 5.47. The molecule has 0 saturated carbocycles. The zero-order valence-electron chi connectivity index (χ0n) is 8.22. The van der Waals surface area contributed by atoms with Crippen LogP contribution in [0.4, 0.5) is 0 Å².